The fourth-order valence-electron chi connectivity index (χ4n) is 4.14. The highest BCUT2D eigenvalue weighted by Gasteiger charge is 2.34. The van der Waals surface area contributed by atoms with E-state index >= 15 is 0 Å². The Labute approximate surface area is 195 Å². The molecular weight excluding hydrogens is 439 g/mol. The van der Waals surface area contributed by atoms with Gasteiger partial charge in [-0.15, -0.1) is 0 Å². The molecule has 3 heterocycles. The first-order valence-corrected chi connectivity index (χ1v) is 12.6. The zero-order chi connectivity index (χ0) is 22.8. The molecule has 0 bridgehead atoms. The Kier molecular flexibility index (Phi) is 6.27. The van der Waals surface area contributed by atoms with Crippen molar-refractivity contribution in [2.24, 2.45) is 10.1 Å². The summed E-state index contributed by atoms with van der Waals surface area (Å²) in [6, 6.07) is 14.5. The second kappa shape index (κ2) is 9.32. The Morgan fingerprint density at radius 3 is 2.88 bits per heavy atom. The van der Waals surface area contributed by atoms with Crippen LogP contribution in [0.25, 0.3) is 10.9 Å². The van der Waals surface area contributed by atoms with E-state index in [2.05, 4.69) is 45.8 Å². The van der Waals surface area contributed by atoms with Gasteiger partial charge in [-0.3, -0.25) is 4.36 Å². The van der Waals surface area contributed by atoms with Gasteiger partial charge in [0.25, 0.3) is 0 Å². The minimum atomic E-state index is -0.425. The molecule has 1 aromatic heterocycles. The highest BCUT2D eigenvalue weighted by molar-refractivity contribution is 7.87. The maximum absolute atomic E-state index is 12.8. The van der Waals surface area contributed by atoms with Crippen LogP contribution in [0, 0.1) is 6.92 Å². The molecule has 7 nitrogen and oxygen atoms in total. The van der Waals surface area contributed by atoms with Crippen LogP contribution in [0.1, 0.15) is 11.1 Å². The number of alkyl halides is 1. The number of aromatic nitrogens is 2. The Bertz CT molecular complexity index is 1200. The summed E-state index contributed by atoms with van der Waals surface area (Å²) in [4.78, 5) is 13.3. The first kappa shape index (κ1) is 22.2. The number of ether oxygens (including phenoxy) is 1. The van der Waals surface area contributed by atoms with Crippen LogP contribution < -0.4 is 16.0 Å². The van der Waals surface area contributed by atoms with Crippen molar-refractivity contribution in [1.82, 2.24) is 9.97 Å². The average molecular weight is 469 g/mol. The summed E-state index contributed by atoms with van der Waals surface area (Å²) in [6.45, 7) is 4.99. The van der Waals surface area contributed by atoms with Gasteiger partial charge in [0.15, 0.2) is 0 Å². The third-order valence-corrected chi connectivity index (χ3v) is 7.95. The lowest BCUT2D eigenvalue weighted by atomic mass is 9.99. The number of aryl methyl sites for hydroxylation is 1. The molecule has 1 fully saturated rings. The van der Waals surface area contributed by atoms with Crippen LogP contribution in [-0.4, -0.2) is 60.8 Å². The molecule has 0 spiro atoms. The number of nitrogens with two attached hydrogens (primary N) is 1. The highest BCUT2D eigenvalue weighted by atomic mass is 32.2. The number of anilines is 2. The number of nitrogens with one attached hydrogen (secondary N) is 1. The topological polar surface area (TPSA) is 88.7 Å². The minimum absolute atomic E-state index is 0.238. The average Bonchev–Trinajstić information content (AvgIpc) is 2.99. The molecule has 3 aromatic rings. The third kappa shape index (κ3) is 4.71. The lowest BCUT2D eigenvalue weighted by molar-refractivity contribution is -0.0461. The van der Waals surface area contributed by atoms with Gasteiger partial charge in [-0.25, -0.2) is 9.37 Å². The summed E-state index contributed by atoms with van der Waals surface area (Å²) in [5.74, 6) is 2.28. The Morgan fingerprint density at radius 1 is 1.24 bits per heavy atom. The van der Waals surface area contributed by atoms with Crippen molar-refractivity contribution in [3.05, 3.63) is 53.6 Å². The number of fused-ring (bicyclic) bond motifs is 2. The highest BCUT2D eigenvalue weighted by Crippen LogP contribution is 2.29. The number of hydrogen-bond donors (Lipinski definition) is 2. The molecule has 0 amide bonds. The van der Waals surface area contributed by atoms with E-state index in [-0.39, 0.29) is 22.8 Å². The maximum atomic E-state index is 12.8. The Morgan fingerprint density at radius 2 is 2.09 bits per heavy atom. The number of hydrogen-bond acceptors (Lipinski definition) is 7. The Hall–Kier alpha value is -2.62. The first-order valence-electron chi connectivity index (χ1n) is 11.2. The molecule has 0 aliphatic carbocycles. The quantitative estimate of drug-likeness (QED) is 0.578. The summed E-state index contributed by atoms with van der Waals surface area (Å²) in [7, 11) is -0.334. The summed E-state index contributed by atoms with van der Waals surface area (Å²) in [5, 5.41) is 4.45. The van der Waals surface area contributed by atoms with E-state index in [9.17, 15) is 4.39 Å². The zero-order valence-corrected chi connectivity index (χ0v) is 19.6. The van der Waals surface area contributed by atoms with Gasteiger partial charge >= 0.3 is 0 Å². The predicted molar refractivity (Wildman–Crippen MR) is 132 cm³/mol. The third-order valence-electron chi connectivity index (χ3n) is 5.98. The molecule has 1 unspecified atom stereocenters. The molecular formula is C24H29FN6OS. The lowest BCUT2D eigenvalue weighted by Gasteiger charge is -2.38. The van der Waals surface area contributed by atoms with Crippen molar-refractivity contribution >= 4 is 33.4 Å². The van der Waals surface area contributed by atoms with Crippen LogP contribution in [0.4, 0.5) is 16.2 Å². The molecule has 1 saturated heterocycles. The second-order valence-corrected chi connectivity index (χ2v) is 10.6. The van der Waals surface area contributed by atoms with Crippen molar-refractivity contribution in [2.45, 2.75) is 23.9 Å². The molecule has 9 heteroatoms. The fourth-order valence-corrected chi connectivity index (χ4v) is 5.98. The summed E-state index contributed by atoms with van der Waals surface area (Å²) >= 11 is 0. The van der Waals surface area contributed by atoms with Gasteiger partial charge in [-0.05, 0) is 30.7 Å². The molecule has 33 heavy (non-hydrogen) atoms. The lowest BCUT2D eigenvalue weighted by Crippen LogP contribution is -2.61. The fraction of sp³-hybridized carbons (Fsp3) is 0.417. The van der Waals surface area contributed by atoms with Gasteiger partial charge in [0, 0.05) is 35.7 Å². The number of benzene rings is 2. The largest absolute Gasteiger partial charge is 0.377 e. The van der Waals surface area contributed by atoms with Gasteiger partial charge in [-0.1, -0.05) is 40.5 Å². The van der Waals surface area contributed by atoms with Gasteiger partial charge < -0.3 is 20.7 Å². The normalized spacial score (nSPS) is 19.7. The van der Waals surface area contributed by atoms with Crippen LogP contribution in [0.3, 0.4) is 0 Å². The van der Waals surface area contributed by atoms with Gasteiger partial charge in [0.1, 0.15) is 12.5 Å². The van der Waals surface area contributed by atoms with Crippen LogP contribution in [0.5, 0.6) is 0 Å². The summed E-state index contributed by atoms with van der Waals surface area (Å²) in [5.41, 5.74) is 9.22. The summed E-state index contributed by atoms with van der Waals surface area (Å²) in [6.07, 6.45) is 0. The van der Waals surface area contributed by atoms with Crippen molar-refractivity contribution < 1.29 is 9.13 Å². The number of halogens is 1. The maximum Gasteiger partial charge on any atom is 0.228 e. The molecule has 3 N–H and O–H groups in total. The van der Waals surface area contributed by atoms with Crippen molar-refractivity contribution in [1.29, 1.82) is 0 Å². The molecule has 0 radical (unpaired) electrons. The zero-order valence-electron chi connectivity index (χ0n) is 18.8. The van der Waals surface area contributed by atoms with E-state index < -0.39 is 6.67 Å². The van der Waals surface area contributed by atoms with Crippen molar-refractivity contribution in [3.8, 4) is 0 Å². The number of nitrogens with zero attached hydrogens (tertiary/aromatic N) is 4. The van der Waals surface area contributed by atoms with Crippen LogP contribution >= 0.6 is 0 Å². The van der Waals surface area contributed by atoms with E-state index in [1.807, 2.05) is 18.2 Å². The van der Waals surface area contributed by atoms with Gasteiger partial charge in [0.2, 0.25) is 5.95 Å². The van der Waals surface area contributed by atoms with Gasteiger partial charge in [-0.2, -0.15) is 4.98 Å². The van der Waals surface area contributed by atoms with Crippen molar-refractivity contribution in [3.63, 3.8) is 0 Å². The molecule has 5 rings (SSSR count). The van der Waals surface area contributed by atoms with Crippen LogP contribution in [0.15, 0.2) is 51.7 Å². The second-order valence-electron chi connectivity index (χ2n) is 8.74. The molecule has 0 saturated carbocycles. The molecule has 174 valence electrons. The monoisotopic (exact) mass is 468 g/mol. The van der Waals surface area contributed by atoms with E-state index in [1.54, 1.807) is 0 Å². The molecule has 2 aliphatic rings. The van der Waals surface area contributed by atoms with E-state index in [4.69, 9.17) is 20.4 Å². The summed E-state index contributed by atoms with van der Waals surface area (Å²) < 4.78 is 22.8. The predicted octanol–water partition coefficient (Wildman–Crippen LogP) is 3.23. The Balaban J connectivity index is 1.51. The van der Waals surface area contributed by atoms with Crippen molar-refractivity contribution in [2.75, 3.05) is 55.5 Å². The van der Waals surface area contributed by atoms with E-state index in [1.165, 1.54) is 10.5 Å². The minimum Gasteiger partial charge on any atom is -0.377 e. The van der Waals surface area contributed by atoms with Gasteiger partial charge in [0.05, 0.1) is 30.8 Å². The van der Waals surface area contributed by atoms with Crippen LogP contribution in [-0.2, 0) is 22.0 Å². The molecule has 2 aromatic carbocycles. The SMILES string of the molecule is Cc1ccc2nc(N3CCS(=NCCF)c4ccccc4C3)nc(NCC3(N)COC3)c2c1. The van der Waals surface area contributed by atoms with E-state index in [0.717, 1.165) is 34.6 Å². The molecule has 1 atom stereocenters. The number of rotatable bonds is 6. The van der Waals surface area contributed by atoms with E-state index in [0.29, 0.717) is 32.3 Å². The molecule has 2 aliphatic heterocycles. The first-order chi connectivity index (χ1) is 16.0. The standard InChI is InChI=1S/C24H29FN6OS/c1-17-6-7-20-19(12-17)22(27-14-24(26)15-32-16-24)30-23(29-20)31-10-11-33(28-9-8-25)21-5-3-2-4-18(21)13-31/h2-7,12H,8-11,13-16,26H2,1H3,(H,27,29,30). The smallest absolute Gasteiger partial charge is 0.228 e. The van der Waals surface area contributed by atoms with Crippen LogP contribution in [0.2, 0.25) is 0 Å².